The Morgan fingerprint density at radius 2 is 0.851 bits per heavy atom. The van der Waals surface area contributed by atoms with Crippen molar-refractivity contribution < 1.29 is 42.1 Å². The number of carbonyl (C=O) groups is 2. The van der Waals surface area contributed by atoms with Crippen molar-refractivity contribution in [2.45, 2.75) is 219 Å². The van der Waals surface area contributed by atoms with E-state index in [0.29, 0.717) is 17.4 Å². The zero-order valence-corrected chi connectivity index (χ0v) is 44.5. The Hall–Kier alpha value is -2.81. The predicted octanol–water partition coefficient (Wildman–Crippen LogP) is 15.7. The summed E-state index contributed by atoms with van der Waals surface area (Å²) >= 11 is 0. The van der Waals surface area contributed by atoms with Gasteiger partial charge in [0, 0.05) is 12.8 Å². The van der Waals surface area contributed by atoms with Crippen molar-refractivity contribution in [1.29, 1.82) is 0 Å². The molecule has 2 atom stereocenters. The van der Waals surface area contributed by atoms with Gasteiger partial charge in [0.2, 0.25) is 0 Å². The number of allylic oxidation sites excluding steroid dienone is 14. The number of phosphoric acid groups is 1. The number of ether oxygens (including phenoxy) is 2. The number of carbonyl (C=O) groups excluding carboxylic acids is 2. The highest BCUT2D eigenvalue weighted by atomic mass is 31.2. The third-order valence-corrected chi connectivity index (χ3v) is 12.1. The van der Waals surface area contributed by atoms with Crippen LogP contribution in [0.5, 0.6) is 0 Å². The number of esters is 2. The smallest absolute Gasteiger partial charge is 0.306 e. The maximum Gasteiger partial charge on any atom is 0.306 e. The molecule has 10 heteroatoms. The summed E-state index contributed by atoms with van der Waals surface area (Å²) in [4.78, 5) is 37.6. The van der Waals surface area contributed by atoms with E-state index < -0.39 is 32.5 Å². The van der Waals surface area contributed by atoms with Crippen LogP contribution in [0.25, 0.3) is 0 Å². The lowest BCUT2D eigenvalue weighted by Gasteiger charge is -2.28. The summed E-state index contributed by atoms with van der Waals surface area (Å²) in [5.41, 5.74) is 0. The van der Waals surface area contributed by atoms with Gasteiger partial charge in [0.1, 0.15) is 19.8 Å². The number of rotatable bonds is 48. The third kappa shape index (κ3) is 52.4. The highest BCUT2D eigenvalue weighted by molar-refractivity contribution is 7.45. The first-order chi connectivity index (χ1) is 32.5. The van der Waals surface area contributed by atoms with Gasteiger partial charge in [-0.15, -0.1) is 0 Å². The lowest BCUT2D eigenvalue weighted by Crippen LogP contribution is -2.37. The lowest BCUT2D eigenvalue weighted by atomic mass is 10.0. The van der Waals surface area contributed by atoms with Gasteiger partial charge in [-0.05, 0) is 83.5 Å². The van der Waals surface area contributed by atoms with Gasteiger partial charge in [0.15, 0.2) is 6.10 Å². The summed E-state index contributed by atoms with van der Waals surface area (Å²) < 4.78 is 34.0. The summed E-state index contributed by atoms with van der Waals surface area (Å²) in [6.07, 6.45) is 63.6. The van der Waals surface area contributed by atoms with E-state index in [1.165, 1.54) is 77.0 Å². The molecule has 0 amide bonds. The van der Waals surface area contributed by atoms with E-state index in [1.807, 2.05) is 21.1 Å². The summed E-state index contributed by atoms with van der Waals surface area (Å²) in [6, 6.07) is 0. The van der Waals surface area contributed by atoms with Crippen LogP contribution in [0.15, 0.2) is 85.1 Å². The Morgan fingerprint density at radius 1 is 0.478 bits per heavy atom. The van der Waals surface area contributed by atoms with Crippen molar-refractivity contribution in [3.05, 3.63) is 85.1 Å². The quantitative estimate of drug-likeness (QED) is 0.0195. The van der Waals surface area contributed by atoms with Gasteiger partial charge in [-0.3, -0.25) is 14.2 Å². The molecule has 0 aliphatic rings. The van der Waals surface area contributed by atoms with Crippen LogP contribution in [0.4, 0.5) is 0 Å². The Balaban J connectivity index is 4.04. The van der Waals surface area contributed by atoms with Crippen molar-refractivity contribution in [3.8, 4) is 0 Å². The van der Waals surface area contributed by atoms with Crippen molar-refractivity contribution in [2.75, 3.05) is 47.5 Å². The normalized spacial score (nSPS) is 14.1. The van der Waals surface area contributed by atoms with E-state index >= 15 is 0 Å². The van der Waals surface area contributed by atoms with Crippen molar-refractivity contribution in [1.82, 2.24) is 0 Å². The fourth-order valence-electron chi connectivity index (χ4n) is 7.01. The highest BCUT2D eigenvalue weighted by Gasteiger charge is 2.21. The molecular weight excluding hydrogens is 858 g/mol. The van der Waals surface area contributed by atoms with E-state index in [-0.39, 0.29) is 26.1 Å². The number of hydrogen-bond acceptors (Lipinski definition) is 8. The topological polar surface area (TPSA) is 111 Å². The standard InChI is InChI=1S/C57H100NO8P/c1-6-8-10-12-14-16-18-19-20-21-22-23-24-25-26-27-28-29-30-31-32-33-34-35-36-37-38-39-40-42-44-46-48-50-57(60)66-55(54-65-67(61,62)64-52-51-58(3,4)5)53-63-56(59)49-47-45-43-41-17-15-13-11-9-7-2/h8,10-11,13-14,16,19-20,22-23,25-26,28-29,55H,6-7,9,12,15,17-18,21,24,27,30-54H2,1-5H3/b10-8-,13-11-,16-14-,20-19-,23-22-,26-25-,29-28-. The van der Waals surface area contributed by atoms with Crippen molar-refractivity contribution in [2.24, 2.45) is 0 Å². The van der Waals surface area contributed by atoms with Crippen LogP contribution in [-0.4, -0.2) is 70.0 Å². The van der Waals surface area contributed by atoms with Gasteiger partial charge in [0.25, 0.3) is 7.82 Å². The Labute approximate surface area is 411 Å². The van der Waals surface area contributed by atoms with E-state index in [2.05, 4.69) is 98.9 Å². The van der Waals surface area contributed by atoms with Gasteiger partial charge in [-0.2, -0.15) is 0 Å². The van der Waals surface area contributed by atoms with Gasteiger partial charge >= 0.3 is 11.9 Å². The van der Waals surface area contributed by atoms with Crippen molar-refractivity contribution >= 4 is 19.8 Å². The molecular formula is C57H100NO8P. The molecule has 0 rings (SSSR count). The van der Waals surface area contributed by atoms with Crippen LogP contribution < -0.4 is 4.89 Å². The van der Waals surface area contributed by atoms with E-state index in [0.717, 1.165) is 103 Å². The number of quaternary nitrogens is 1. The maximum atomic E-state index is 12.7. The molecule has 0 saturated heterocycles. The molecule has 0 heterocycles. The van der Waals surface area contributed by atoms with Crippen LogP contribution in [0, 0.1) is 0 Å². The minimum absolute atomic E-state index is 0.0347. The number of likely N-dealkylation sites (N-methyl/N-ethyl adjacent to an activating group) is 1. The van der Waals surface area contributed by atoms with E-state index in [1.54, 1.807) is 0 Å². The van der Waals surface area contributed by atoms with Crippen LogP contribution >= 0.6 is 7.82 Å². The Bertz CT molecular complexity index is 1410. The minimum Gasteiger partial charge on any atom is -0.756 e. The van der Waals surface area contributed by atoms with Gasteiger partial charge < -0.3 is 27.9 Å². The first kappa shape index (κ1) is 64.2. The molecule has 0 N–H and O–H groups in total. The first-order valence-electron chi connectivity index (χ1n) is 26.8. The number of phosphoric ester groups is 1. The average Bonchev–Trinajstić information content (AvgIpc) is 3.29. The van der Waals surface area contributed by atoms with Crippen LogP contribution in [0.3, 0.4) is 0 Å². The molecule has 0 aliphatic heterocycles. The highest BCUT2D eigenvalue weighted by Crippen LogP contribution is 2.38. The maximum absolute atomic E-state index is 12.7. The monoisotopic (exact) mass is 958 g/mol. The molecule has 9 nitrogen and oxygen atoms in total. The predicted molar refractivity (Wildman–Crippen MR) is 282 cm³/mol. The molecule has 0 bridgehead atoms. The fourth-order valence-corrected chi connectivity index (χ4v) is 7.74. The van der Waals surface area contributed by atoms with Crippen LogP contribution in [-0.2, 0) is 32.7 Å². The van der Waals surface area contributed by atoms with E-state index in [4.69, 9.17) is 18.5 Å². The first-order valence-corrected chi connectivity index (χ1v) is 28.3. The van der Waals surface area contributed by atoms with Crippen molar-refractivity contribution in [3.63, 3.8) is 0 Å². The summed E-state index contributed by atoms with van der Waals surface area (Å²) in [7, 11) is 1.15. The minimum atomic E-state index is -4.63. The largest absolute Gasteiger partial charge is 0.756 e. The molecule has 0 radical (unpaired) electrons. The molecule has 0 fully saturated rings. The molecule has 0 aromatic rings. The second kappa shape index (κ2) is 48.2. The molecule has 67 heavy (non-hydrogen) atoms. The van der Waals surface area contributed by atoms with Crippen LogP contribution in [0.1, 0.15) is 213 Å². The molecule has 0 aromatic carbocycles. The van der Waals surface area contributed by atoms with Gasteiger partial charge in [0.05, 0.1) is 27.7 Å². The zero-order chi connectivity index (χ0) is 49.2. The Morgan fingerprint density at radius 3 is 1.28 bits per heavy atom. The van der Waals surface area contributed by atoms with Crippen LogP contribution in [0.2, 0.25) is 0 Å². The molecule has 0 aromatic heterocycles. The molecule has 386 valence electrons. The molecule has 0 aliphatic carbocycles. The van der Waals surface area contributed by atoms with E-state index in [9.17, 15) is 19.0 Å². The fraction of sp³-hybridized carbons (Fsp3) is 0.719. The summed E-state index contributed by atoms with van der Waals surface area (Å²) in [6.45, 7) is 4.04. The SMILES string of the molecule is CC/C=C\C/C=C\C/C=C\C/C=C\C/C=C\C/C=C\CCCCCCCCCCCCCCCCC(=O)OC(COC(=O)CCCCCCC/C=C\CCC)COP(=O)([O-])OCC[N+](C)(C)C. The lowest BCUT2D eigenvalue weighted by molar-refractivity contribution is -0.870. The average molecular weight is 958 g/mol. The second-order valence-electron chi connectivity index (χ2n) is 18.9. The third-order valence-electron chi connectivity index (χ3n) is 11.1. The van der Waals surface area contributed by atoms with Gasteiger partial charge in [-0.1, -0.05) is 202 Å². The number of hydrogen-bond donors (Lipinski definition) is 0. The number of unbranched alkanes of at least 4 members (excludes halogenated alkanes) is 20. The number of nitrogens with zero attached hydrogens (tertiary/aromatic N) is 1. The van der Waals surface area contributed by atoms with Gasteiger partial charge in [-0.25, -0.2) is 0 Å². The molecule has 0 spiro atoms. The summed E-state index contributed by atoms with van der Waals surface area (Å²) in [5.74, 6) is -0.849. The molecule has 2 unspecified atom stereocenters. The second-order valence-corrected chi connectivity index (χ2v) is 20.3. The zero-order valence-electron chi connectivity index (χ0n) is 43.6. The molecule has 0 saturated carbocycles. The Kier molecular flexibility index (Phi) is 46.2. The summed E-state index contributed by atoms with van der Waals surface area (Å²) in [5, 5.41) is 0.